The third-order valence-electron chi connectivity index (χ3n) is 3.70. The molecule has 0 aliphatic carbocycles. The van der Waals surface area contributed by atoms with Crippen LogP contribution in [0.5, 0.6) is 0 Å². The molecule has 0 amide bonds. The highest BCUT2D eigenvalue weighted by molar-refractivity contribution is 7.92. The first-order valence-electron chi connectivity index (χ1n) is 6.74. The number of thiophene rings is 1. The van der Waals surface area contributed by atoms with Crippen LogP contribution >= 0.6 is 11.3 Å². The van der Waals surface area contributed by atoms with Crippen LogP contribution < -0.4 is 5.32 Å². The second-order valence-electron chi connectivity index (χ2n) is 5.50. The summed E-state index contributed by atoms with van der Waals surface area (Å²) >= 11 is 1.73. The number of hydrogen-bond donors (Lipinski definition) is 1. The maximum atomic E-state index is 12.0. The fraction of sp³-hybridized carbons (Fsp3) is 0.714. The highest BCUT2D eigenvalue weighted by Crippen LogP contribution is 2.24. The van der Waals surface area contributed by atoms with Gasteiger partial charge in [-0.1, -0.05) is 13.0 Å². The van der Waals surface area contributed by atoms with Crippen LogP contribution in [0.1, 0.15) is 38.5 Å². The largest absolute Gasteiger partial charge is 0.312 e. The van der Waals surface area contributed by atoms with Crippen LogP contribution in [-0.2, 0) is 16.3 Å². The summed E-state index contributed by atoms with van der Waals surface area (Å²) in [6.07, 6.45) is 4.12. The van der Waals surface area contributed by atoms with Crippen molar-refractivity contribution in [1.29, 1.82) is 0 Å². The van der Waals surface area contributed by atoms with Crippen molar-refractivity contribution < 1.29 is 8.42 Å². The summed E-state index contributed by atoms with van der Waals surface area (Å²) < 4.78 is 23.2. The Bertz CT molecular complexity index is 464. The highest BCUT2D eigenvalue weighted by atomic mass is 32.2. The molecule has 1 aromatic rings. The maximum absolute atomic E-state index is 12.0. The Hall–Kier alpha value is -0.390. The van der Waals surface area contributed by atoms with Gasteiger partial charge >= 0.3 is 0 Å². The Labute approximate surface area is 121 Å². The van der Waals surface area contributed by atoms with Crippen molar-refractivity contribution in [1.82, 2.24) is 5.32 Å². The molecule has 0 saturated carbocycles. The van der Waals surface area contributed by atoms with Crippen LogP contribution in [0.4, 0.5) is 0 Å². The van der Waals surface area contributed by atoms with Crippen molar-refractivity contribution in [2.24, 2.45) is 0 Å². The normalized spacial score (nSPS) is 14.5. The van der Waals surface area contributed by atoms with Crippen molar-refractivity contribution in [2.75, 3.05) is 12.8 Å². The lowest BCUT2D eigenvalue weighted by Gasteiger charge is -2.33. The van der Waals surface area contributed by atoms with Gasteiger partial charge in [0.1, 0.15) is 0 Å². The minimum absolute atomic E-state index is 0.00968. The van der Waals surface area contributed by atoms with Gasteiger partial charge < -0.3 is 5.32 Å². The molecule has 1 rings (SSSR count). The Kier molecular flexibility index (Phi) is 6.02. The molecule has 0 fully saturated rings. The molecule has 19 heavy (non-hydrogen) atoms. The van der Waals surface area contributed by atoms with Gasteiger partial charge in [0, 0.05) is 17.2 Å². The minimum atomic E-state index is -3.08. The van der Waals surface area contributed by atoms with Gasteiger partial charge in [-0.3, -0.25) is 0 Å². The average molecular weight is 303 g/mol. The highest BCUT2D eigenvalue weighted by Gasteiger charge is 2.38. The number of aryl methyl sites for hydroxylation is 1. The molecule has 1 heterocycles. The molecule has 1 unspecified atom stereocenters. The predicted molar refractivity (Wildman–Crippen MR) is 83.6 cm³/mol. The van der Waals surface area contributed by atoms with E-state index in [0.717, 1.165) is 25.8 Å². The maximum Gasteiger partial charge on any atom is 0.154 e. The summed E-state index contributed by atoms with van der Waals surface area (Å²) in [4.78, 5) is 1.31. The van der Waals surface area contributed by atoms with E-state index in [1.807, 2.05) is 19.9 Å². The Morgan fingerprint density at radius 2 is 2.11 bits per heavy atom. The van der Waals surface area contributed by atoms with Crippen LogP contribution in [0.2, 0.25) is 0 Å². The zero-order valence-electron chi connectivity index (χ0n) is 12.3. The van der Waals surface area contributed by atoms with Crippen molar-refractivity contribution in [3.8, 4) is 0 Å². The fourth-order valence-corrected chi connectivity index (χ4v) is 3.46. The Balaban J connectivity index is 2.76. The third-order valence-corrected chi connectivity index (χ3v) is 6.83. The zero-order chi connectivity index (χ0) is 14.5. The SMILES string of the molecule is CCCNC(CCc1cccs1)C(C)(C)S(C)(=O)=O. The minimum Gasteiger partial charge on any atom is -0.312 e. The summed E-state index contributed by atoms with van der Waals surface area (Å²) in [5.41, 5.74) is 0. The van der Waals surface area contributed by atoms with Gasteiger partial charge in [-0.15, -0.1) is 11.3 Å². The average Bonchev–Trinajstić information content (AvgIpc) is 2.80. The summed E-state index contributed by atoms with van der Waals surface area (Å²) in [7, 11) is -3.08. The van der Waals surface area contributed by atoms with Crippen molar-refractivity contribution in [3.05, 3.63) is 22.4 Å². The quantitative estimate of drug-likeness (QED) is 0.803. The van der Waals surface area contributed by atoms with Crippen LogP contribution in [0.3, 0.4) is 0 Å². The molecule has 1 atom stereocenters. The molecule has 1 N–H and O–H groups in total. The van der Waals surface area contributed by atoms with E-state index in [0.29, 0.717) is 0 Å². The third kappa shape index (κ3) is 4.58. The second kappa shape index (κ2) is 6.86. The van der Waals surface area contributed by atoms with E-state index >= 15 is 0 Å². The van der Waals surface area contributed by atoms with E-state index < -0.39 is 14.6 Å². The lowest BCUT2D eigenvalue weighted by molar-refractivity contribution is 0.389. The van der Waals surface area contributed by atoms with Crippen LogP contribution in [0.15, 0.2) is 17.5 Å². The molecular weight excluding hydrogens is 278 g/mol. The molecular formula is C14H25NO2S2. The number of rotatable bonds is 8. The Morgan fingerprint density at radius 3 is 2.58 bits per heavy atom. The molecule has 3 nitrogen and oxygen atoms in total. The fourth-order valence-electron chi connectivity index (χ4n) is 2.01. The van der Waals surface area contributed by atoms with Crippen molar-refractivity contribution >= 4 is 21.2 Å². The molecule has 0 aliphatic rings. The molecule has 0 spiro atoms. The lowest BCUT2D eigenvalue weighted by atomic mass is 9.97. The smallest absolute Gasteiger partial charge is 0.154 e. The Morgan fingerprint density at radius 1 is 1.42 bits per heavy atom. The van der Waals surface area contributed by atoms with Gasteiger partial charge in [-0.25, -0.2) is 8.42 Å². The summed E-state index contributed by atoms with van der Waals surface area (Å²) in [6, 6.07) is 4.13. The first-order valence-corrected chi connectivity index (χ1v) is 9.51. The molecule has 0 radical (unpaired) electrons. The predicted octanol–water partition coefficient (Wildman–Crippen LogP) is 2.87. The van der Waals surface area contributed by atoms with Gasteiger partial charge in [-0.2, -0.15) is 0 Å². The van der Waals surface area contributed by atoms with E-state index in [2.05, 4.69) is 23.7 Å². The first kappa shape index (κ1) is 16.7. The monoisotopic (exact) mass is 303 g/mol. The number of sulfone groups is 1. The molecule has 0 bridgehead atoms. The van der Waals surface area contributed by atoms with Gasteiger partial charge in [0.25, 0.3) is 0 Å². The van der Waals surface area contributed by atoms with E-state index in [1.54, 1.807) is 11.3 Å². The van der Waals surface area contributed by atoms with Crippen LogP contribution in [0, 0.1) is 0 Å². The first-order chi connectivity index (χ1) is 8.79. The van der Waals surface area contributed by atoms with Gasteiger partial charge in [-0.05, 0) is 51.1 Å². The van der Waals surface area contributed by atoms with E-state index in [-0.39, 0.29) is 6.04 Å². The van der Waals surface area contributed by atoms with E-state index in [9.17, 15) is 8.42 Å². The molecule has 5 heteroatoms. The molecule has 110 valence electrons. The van der Waals surface area contributed by atoms with Gasteiger partial charge in [0.15, 0.2) is 9.84 Å². The standard InChI is InChI=1S/C14H25NO2S2/c1-5-10-15-13(14(2,3)19(4,16)17)9-8-12-7-6-11-18-12/h6-7,11,13,15H,5,8-10H2,1-4H3. The summed E-state index contributed by atoms with van der Waals surface area (Å²) in [6.45, 7) is 6.60. The topological polar surface area (TPSA) is 46.2 Å². The van der Waals surface area contributed by atoms with Crippen molar-refractivity contribution in [2.45, 2.75) is 50.8 Å². The number of nitrogens with one attached hydrogen (secondary N) is 1. The van der Waals surface area contributed by atoms with Crippen molar-refractivity contribution in [3.63, 3.8) is 0 Å². The molecule has 1 aromatic heterocycles. The second-order valence-corrected chi connectivity index (χ2v) is 9.13. The number of hydrogen-bond acceptors (Lipinski definition) is 4. The zero-order valence-corrected chi connectivity index (χ0v) is 13.9. The summed E-state index contributed by atoms with van der Waals surface area (Å²) in [5.74, 6) is 0. The molecule has 0 saturated heterocycles. The van der Waals surface area contributed by atoms with E-state index in [1.165, 1.54) is 11.1 Å². The van der Waals surface area contributed by atoms with E-state index in [4.69, 9.17) is 0 Å². The molecule has 0 aromatic carbocycles. The van der Waals surface area contributed by atoms with Gasteiger partial charge in [0.05, 0.1) is 4.75 Å². The molecule has 0 aliphatic heterocycles. The van der Waals surface area contributed by atoms with Crippen LogP contribution in [0.25, 0.3) is 0 Å². The lowest BCUT2D eigenvalue weighted by Crippen LogP contribution is -2.51. The van der Waals surface area contributed by atoms with Crippen LogP contribution in [-0.4, -0.2) is 32.0 Å². The summed E-state index contributed by atoms with van der Waals surface area (Å²) in [5, 5.41) is 5.47. The van der Waals surface area contributed by atoms with Gasteiger partial charge in [0.2, 0.25) is 0 Å².